The number of aliphatic hydroxyl groups excluding tert-OH is 1. The number of hydrogen-bond acceptors (Lipinski definition) is 4. The van der Waals surface area contributed by atoms with Gasteiger partial charge in [-0.3, -0.25) is 14.4 Å². The fourth-order valence-electron chi connectivity index (χ4n) is 3.64. The number of rotatable bonds is 2. The number of nitrogens with one attached hydrogen (secondary N) is 1. The van der Waals surface area contributed by atoms with Gasteiger partial charge in [0.15, 0.2) is 0 Å². The van der Waals surface area contributed by atoms with Crippen molar-refractivity contribution in [1.29, 1.82) is 0 Å². The molecule has 2 aromatic rings. The normalized spacial score (nSPS) is 18.9. The van der Waals surface area contributed by atoms with E-state index in [0.29, 0.717) is 16.8 Å². The van der Waals surface area contributed by atoms with Gasteiger partial charge < -0.3 is 20.2 Å². The van der Waals surface area contributed by atoms with Gasteiger partial charge >= 0.3 is 0 Å². The summed E-state index contributed by atoms with van der Waals surface area (Å²) in [5, 5.41) is 11.8. The van der Waals surface area contributed by atoms with Crippen molar-refractivity contribution < 1.29 is 23.9 Å². The molecule has 0 radical (unpaired) electrons. The van der Waals surface area contributed by atoms with Gasteiger partial charge in [-0.05, 0) is 23.8 Å². The Morgan fingerprint density at radius 1 is 1.14 bits per heavy atom. The zero-order chi connectivity index (χ0) is 19.8. The van der Waals surface area contributed by atoms with Crippen LogP contribution in [-0.4, -0.2) is 64.9 Å². The lowest BCUT2D eigenvalue weighted by Gasteiger charge is -2.39. The molecule has 0 saturated carbocycles. The number of fused-ring (bicyclic) bond motifs is 2. The van der Waals surface area contributed by atoms with Crippen molar-refractivity contribution in [1.82, 2.24) is 9.80 Å². The predicted octanol–water partition coefficient (Wildman–Crippen LogP) is 1.09. The number of carbonyl (C=O) groups excluding carboxylic acids is 3. The zero-order valence-electron chi connectivity index (χ0n) is 14.9. The van der Waals surface area contributed by atoms with Crippen LogP contribution >= 0.6 is 0 Å². The Hall–Kier alpha value is -3.26. The molecule has 1 fully saturated rings. The average Bonchev–Trinajstić information content (AvgIpc) is 2.82. The molecular weight excluding hydrogens is 365 g/mol. The van der Waals surface area contributed by atoms with Crippen LogP contribution < -0.4 is 5.32 Å². The van der Waals surface area contributed by atoms with Gasteiger partial charge in [0.2, 0.25) is 11.8 Å². The molecule has 28 heavy (non-hydrogen) atoms. The summed E-state index contributed by atoms with van der Waals surface area (Å²) in [5.74, 6) is -1.64. The van der Waals surface area contributed by atoms with Crippen molar-refractivity contribution in [2.45, 2.75) is 6.04 Å². The fourth-order valence-corrected chi connectivity index (χ4v) is 3.64. The molecule has 0 unspecified atom stereocenters. The Morgan fingerprint density at radius 3 is 2.68 bits per heavy atom. The molecule has 144 valence electrons. The molecular formula is C20H18FN3O4. The van der Waals surface area contributed by atoms with Crippen molar-refractivity contribution in [2.24, 2.45) is 0 Å². The number of nitrogens with zero attached hydrogens (tertiary/aromatic N) is 2. The van der Waals surface area contributed by atoms with Crippen LogP contribution in [0.3, 0.4) is 0 Å². The van der Waals surface area contributed by atoms with Crippen LogP contribution in [0.4, 0.5) is 10.1 Å². The molecule has 2 aromatic carbocycles. The van der Waals surface area contributed by atoms with E-state index in [1.807, 2.05) is 0 Å². The zero-order valence-corrected chi connectivity index (χ0v) is 14.9. The van der Waals surface area contributed by atoms with Crippen molar-refractivity contribution in [3.63, 3.8) is 0 Å². The van der Waals surface area contributed by atoms with Gasteiger partial charge in [-0.15, -0.1) is 0 Å². The van der Waals surface area contributed by atoms with Crippen molar-refractivity contribution in [3.8, 4) is 11.1 Å². The minimum absolute atomic E-state index is 0.0190. The van der Waals surface area contributed by atoms with Gasteiger partial charge in [0.1, 0.15) is 18.5 Å². The smallest absolute Gasteiger partial charge is 0.256 e. The highest BCUT2D eigenvalue weighted by atomic mass is 19.1. The second-order valence-corrected chi connectivity index (χ2v) is 6.74. The molecule has 7 nitrogen and oxygen atoms in total. The third-order valence-corrected chi connectivity index (χ3v) is 5.12. The van der Waals surface area contributed by atoms with Crippen LogP contribution in [0.1, 0.15) is 10.4 Å². The quantitative estimate of drug-likeness (QED) is 0.813. The van der Waals surface area contributed by atoms with Gasteiger partial charge in [-0.25, -0.2) is 4.39 Å². The molecule has 3 amide bonds. The molecule has 0 bridgehead atoms. The standard InChI is InChI=1S/C20H18FN3O4/c21-15-4-2-1-3-13(15)12-5-6-16-14(9-12)20(28)24-8-7-23(18(26)11-25)10-17(24)19(27)22-16/h1-6,9,17,25H,7-8,10-11H2,(H,22,27)/t17-/m1/s1. The maximum atomic E-state index is 14.1. The summed E-state index contributed by atoms with van der Waals surface area (Å²) in [7, 11) is 0. The van der Waals surface area contributed by atoms with Crippen LogP contribution in [0, 0.1) is 5.82 Å². The van der Waals surface area contributed by atoms with Crippen molar-refractivity contribution in [3.05, 3.63) is 53.8 Å². The van der Waals surface area contributed by atoms with Crippen molar-refractivity contribution in [2.75, 3.05) is 31.6 Å². The Morgan fingerprint density at radius 2 is 1.93 bits per heavy atom. The minimum atomic E-state index is -0.846. The maximum Gasteiger partial charge on any atom is 0.256 e. The van der Waals surface area contributed by atoms with E-state index in [4.69, 9.17) is 5.11 Å². The molecule has 2 aliphatic rings. The summed E-state index contributed by atoms with van der Waals surface area (Å²) in [6, 6.07) is 10.2. The van der Waals surface area contributed by atoms with Crippen molar-refractivity contribution >= 4 is 23.4 Å². The summed E-state index contributed by atoms with van der Waals surface area (Å²) in [4.78, 5) is 40.3. The highest BCUT2D eigenvalue weighted by Gasteiger charge is 2.40. The number of hydrogen-bond donors (Lipinski definition) is 2. The minimum Gasteiger partial charge on any atom is -0.387 e. The molecule has 1 saturated heterocycles. The number of carbonyl (C=O) groups is 3. The van der Waals surface area contributed by atoms with E-state index in [1.165, 1.54) is 15.9 Å². The molecule has 2 aliphatic heterocycles. The van der Waals surface area contributed by atoms with E-state index < -0.39 is 30.3 Å². The third-order valence-electron chi connectivity index (χ3n) is 5.12. The first-order valence-corrected chi connectivity index (χ1v) is 8.89. The van der Waals surface area contributed by atoms with Crippen LogP contribution in [0.25, 0.3) is 11.1 Å². The summed E-state index contributed by atoms with van der Waals surface area (Å²) in [6.07, 6.45) is 0. The maximum absolute atomic E-state index is 14.1. The third kappa shape index (κ3) is 3.01. The molecule has 0 spiro atoms. The average molecular weight is 383 g/mol. The largest absolute Gasteiger partial charge is 0.387 e. The van der Waals surface area contributed by atoms with E-state index in [9.17, 15) is 18.8 Å². The lowest BCUT2D eigenvalue weighted by Crippen LogP contribution is -2.59. The first-order valence-electron chi connectivity index (χ1n) is 8.89. The second kappa shape index (κ2) is 7.05. The molecule has 2 N–H and O–H groups in total. The molecule has 4 rings (SSSR count). The summed E-state index contributed by atoms with van der Waals surface area (Å²) in [5.41, 5.74) is 1.53. The number of halogens is 1. The highest BCUT2D eigenvalue weighted by Crippen LogP contribution is 2.31. The predicted molar refractivity (Wildman–Crippen MR) is 99.0 cm³/mol. The Labute approximate surface area is 160 Å². The fraction of sp³-hybridized carbons (Fsp3) is 0.250. The first-order chi connectivity index (χ1) is 13.5. The number of piperazine rings is 1. The Kier molecular flexibility index (Phi) is 4.56. The highest BCUT2D eigenvalue weighted by molar-refractivity contribution is 6.10. The van der Waals surface area contributed by atoms with E-state index in [-0.39, 0.29) is 31.1 Å². The van der Waals surface area contributed by atoms with Crippen LogP contribution in [0.5, 0.6) is 0 Å². The molecule has 0 aromatic heterocycles. The lowest BCUT2D eigenvalue weighted by molar-refractivity contribution is -0.138. The number of amides is 3. The topological polar surface area (TPSA) is 90.0 Å². The van der Waals surface area contributed by atoms with Gasteiger partial charge in [-0.1, -0.05) is 24.3 Å². The van der Waals surface area contributed by atoms with Crippen LogP contribution in [0.15, 0.2) is 42.5 Å². The summed E-state index contributed by atoms with van der Waals surface area (Å²) in [6.45, 7) is -0.219. The van der Waals surface area contributed by atoms with E-state index in [2.05, 4.69) is 5.32 Å². The monoisotopic (exact) mass is 383 g/mol. The van der Waals surface area contributed by atoms with Gasteiger partial charge in [0.05, 0.1) is 17.8 Å². The summed E-state index contributed by atoms with van der Waals surface area (Å²) >= 11 is 0. The molecule has 0 aliphatic carbocycles. The van der Waals surface area contributed by atoms with Crippen LogP contribution in [0.2, 0.25) is 0 Å². The Balaban J connectivity index is 1.70. The first kappa shape index (κ1) is 18.1. The molecule has 1 atom stereocenters. The van der Waals surface area contributed by atoms with E-state index in [1.54, 1.807) is 36.4 Å². The lowest BCUT2D eigenvalue weighted by atomic mass is 10.0. The summed E-state index contributed by atoms with van der Waals surface area (Å²) < 4.78 is 14.1. The van der Waals surface area contributed by atoms with E-state index >= 15 is 0 Å². The number of anilines is 1. The number of benzene rings is 2. The molecule has 8 heteroatoms. The van der Waals surface area contributed by atoms with E-state index in [0.717, 1.165) is 0 Å². The molecule has 2 heterocycles. The van der Waals surface area contributed by atoms with Crippen LogP contribution in [-0.2, 0) is 9.59 Å². The Bertz CT molecular complexity index is 978. The second-order valence-electron chi connectivity index (χ2n) is 6.74. The van der Waals surface area contributed by atoms with Gasteiger partial charge in [0, 0.05) is 18.7 Å². The van der Waals surface area contributed by atoms with Gasteiger partial charge in [0.25, 0.3) is 5.91 Å². The van der Waals surface area contributed by atoms with Gasteiger partial charge in [-0.2, -0.15) is 0 Å². The SMILES string of the molecule is O=C1Nc2ccc(-c3ccccc3F)cc2C(=O)N2CCN(C(=O)CO)C[C@H]12. The number of aliphatic hydroxyl groups is 1.